The third-order valence-electron chi connectivity index (χ3n) is 1.45. The van der Waals surface area contributed by atoms with E-state index in [0.717, 1.165) is 10.0 Å². The average Bonchev–Trinajstić information content (AvgIpc) is 2.15. The first kappa shape index (κ1) is 10.5. The molecule has 0 radical (unpaired) electrons. The van der Waals surface area contributed by atoms with Gasteiger partial charge in [-0.25, -0.2) is 0 Å². The predicted octanol–water partition coefficient (Wildman–Crippen LogP) is 2.06. The van der Waals surface area contributed by atoms with Crippen molar-refractivity contribution >= 4 is 27.9 Å². The minimum Gasteiger partial charge on any atom is -0.269 e. The molecule has 3 nitrogen and oxygen atoms in total. The van der Waals surface area contributed by atoms with Gasteiger partial charge >= 0.3 is 0 Å². The van der Waals surface area contributed by atoms with E-state index >= 15 is 0 Å². The van der Waals surface area contributed by atoms with Gasteiger partial charge in [0, 0.05) is 10.5 Å². The lowest BCUT2D eigenvalue weighted by Crippen LogP contribution is -2.13. The van der Waals surface area contributed by atoms with E-state index < -0.39 is 5.91 Å². The number of hydrogen-bond donors (Lipinski definition) is 1. The smallest absolute Gasteiger partial charge is 0.256 e. The van der Waals surface area contributed by atoms with Crippen LogP contribution in [-0.4, -0.2) is 5.91 Å². The van der Waals surface area contributed by atoms with E-state index in [0.29, 0.717) is 0 Å². The largest absolute Gasteiger partial charge is 0.269 e. The topological polar surface area (TPSA) is 52.9 Å². The van der Waals surface area contributed by atoms with Crippen molar-refractivity contribution in [3.05, 3.63) is 40.4 Å². The molecule has 0 aliphatic rings. The molecule has 0 spiro atoms. The summed E-state index contributed by atoms with van der Waals surface area (Å²) in [6.07, 6.45) is 4.50. The van der Waals surface area contributed by atoms with Crippen molar-refractivity contribution < 1.29 is 4.79 Å². The molecule has 1 rings (SSSR count). The molecule has 0 aliphatic carbocycles. The van der Waals surface area contributed by atoms with E-state index in [4.69, 9.17) is 5.26 Å². The molecule has 1 aromatic rings. The van der Waals surface area contributed by atoms with Crippen molar-refractivity contribution in [2.45, 2.75) is 0 Å². The molecule has 0 fully saturated rings. The summed E-state index contributed by atoms with van der Waals surface area (Å²) in [6, 6.07) is 7.50. The molecule has 0 aliphatic heterocycles. The van der Waals surface area contributed by atoms with Crippen LogP contribution < -0.4 is 5.32 Å². The van der Waals surface area contributed by atoms with Crippen molar-refractivity contribution in [3.8, 4) is 6.19 Å². The molecule has 0 atom stereocenters. The molecular formula is C10H7BrN2O. The van der Waals surface area contributed by atoms with Crippen LogP contribution in [0.2, 0.25) is 0 Å². The average molecular weight is 251 g/mol. The van der Waals surface area contributed by atoms with E-state index in [9.17, 15) is 4.79 Å². The molecule has 14 heavy (non-hydrogen) atoms. The van der Waals surface area contributed by atoms with Gasteiger partial charge in [-0.15, -0.1) is 0 Å². The van der Waals surface area contributed by atoms with E-state index in [2.05, 4.69) is 15.9 Å². The molecule has 1 aromatic carbocycles. The van der Waals surface area contributed by atoms with Crippen LogP contribution in [0.4, 0.5) is 0 Å². The normalized spacial score (nSPS) is 9.71. The first-order chi connectivity index (χ1) is 6.72. The highest BCUT2D eigenvalue weighted by Gasteiger charge is 1.92. The minimum absolute atomic E-state index is 0.424. The number of carbonyl (C=O) groups is 1. The zero-order chi connectivity index (χ0) is 10.4. The van der Waals surface area contributed by atoms with Gasteiger partial charge in [-0.2, -0.15) is 5.26 Å². The van der Waals surface area contributed by atoms with Crippen LogP contribution in [0.3, 0.4) is 0 Å². The summed E-state index contributed by atoms with van der Waals surface area (Å²) in [5, 5.41) is 10.2. The first-order valence-corrected chi connectivity index (χ1v) is 4.64. The Morgan fingerprint density at radius 1 is 1.57 bits per heavy atom. The van der Waals surface area contributed by atoms with Gasteiger partial charge < -0.3 is 0 Å². The summed E-state index contributed by atoms with van der Waals surface area (Å²) in [5.74, 6) is -0.424. The Bertz CT molecular complexity index is 407. The zero-order valence-electron chi connectivity index (χ0n) is 7.20. The van der Waals surface area contributed by atoms with Crippen molar-refractivity contribution in [2.75, 3.05) is 0 Å². The van der Waals surface area contributed by atoms with Crippen LogP contribution in [0.5, 0.6) is 0 Å². The molecule has 0 bridgehead atoms. The van der Waals surface area contributed by atoms with E-state index in [-0.39, 0.29) is 0 Å². The van der Waals surface area contributed by atoms with Gasteiger partial charge in [-0.05, 0) is 23.8 Å². The molecule has 0 saturated carbocycles. The molecule has 4 heteroatoms. The van der Waals surface area contributed by atoms with E-state index in [1.807, 2.05) is 29.6 Å². The summed E-state index contributed by atoms with van der Waals surface area (Å²) < 4.78 is 0.945. The Hall–Kier alpha value is -1.60. The number of rotatable bonds is 2. The van der Waals surface area contributed by atoms with E-state index in [1.165, 1.54) is 6.08 Å². The highest BCUT2D eigenvalue weighted by Crippen LogP contribution is 2.12. The number of nitrogens with one attached hydrogen (secondary N) is 1. The summed E-state index contributed by atoms with van der Waals surface area (Å²) >= 11 is 3.31. The number of hydrogen-bond acceptors (Lipinski definition) is 2. The Kier molecular flexibility index (Phi) is 3.89. The number of halogens is 1. The quantitative estimate of drug-likeness (QED) is 0.497. The third kappa shape index (κ3) is 3.42. The van der Waals surface area contributed by atoms with Gasteiger partial charge in [-0.1, -0.05) is 28.1 Å². The lowest BCUT2D eigenvalue weighted by Gasteiger charge is -1.93. The summed E-state index contributed by atoms with van der Waals surface area (Å²) in [6.45, 7) is 0. The number of amides is 1. The number of carbonyl (C=O) groups excluding carboxylic acids is 1. The standard InChI is InChI=1S/C10H7BrN2O/c11-9-3-1-2-8(6-9)4-5-10(14)13-7-12/h1-6H,(H,13,14)/b5-4+. The molecule has 1 amide bonds. The van der Waals surface area contributed by atoms with Crippen LogP contribution in [0.25, 0.3) is 6.08 Å². The summed E-state index contributed by atoms with van der Waals surface area (Å²) in [7, 11) is 0. The van der Waals surface area contributed by atoms with Crippen molar-refractivity contribution in [3.63, 3.8) is 0 Å². The van der Waals surface area contributed by atoms with Gasteiger partial charge in [-0.3, -0.25) is 10.1 Å². The highest BCUT2D eigenvalue weighted by atomic mass is 79.9. The third-order valence-corrected chi connectivity index (χ3v) is 1.95. The zero-order valence-corrected chi connectivity index (χ0v) is 8.78. The van der Waals surface area contributed by atoms with Gasteiger partial charge in [0.15, 0.2) is 6.19 Å². The Morgan fingerprint density at radius 3 is 3.00 bits per heavy atom. The van der Waals surface area contributed by atoms with Crippen LogP contribution in [-0.2, 0) is 4.79 Å². The Labute approximate surface area is 90.2 Å². The maximum atomic E-state index is 10.9. The van der Waals surface area contributed by atoms with Crippen molar-refractivity contribution in [1.29, 1.82) is 5.26 Å². The summed E-state index contributed by atoms with van der Waals surface area (Å²) in [5.41, 5.74) is 0.896. The second-order valence-electron chi connectivity index (χ2n) is 2.49. The molecular weight excluding hydrogens is 244 g/mol. The minimum atomic E-state index is -0.424. The SMILES string of the molecule is N#CNC(=O)/C=C/c1cccc(Br)c1. The van der Waals surface area contributed by atoms with E-state index in [1.54, 1.807) is 12.3 Å². The Balaban J connectivity index is 2.70. The predicted molar refractivity (Wildman–Crippen MR) is 56.9 cm³/mol. The lowest BCUT2D eigenvalue weighted by atomic mass is 10.2. The fourth-order valence-electron chi connectivity index (χ4n) is 0.879. The van der Waals surface area contributed by atoms with Crippen LogP contribution in [0.15, 0.2) is 34.8 Å². The second kappa shape index (κ2) is 5.20. The van der Waals surface area contributed by atoms with Gasteiger partial charge in [0.05, 0.1) is 0 Å². The lowest BCUT2D eigenvalue weighted by molar-refractivity contribution is -0.115. The van der Waals surface area contributed by atoms with Gasteiger partial charge in [0.1, 0.15) is 0 Å². The van der Waals surface area contributed by atoms with Gasteiger partial charge in [0.25, 0.3) is 5.91 Å². The molecule has 0 unspecified atom stereocenters. The molecule has 70 valence electrons. The number of nitrogens with zero attached hydrogens (tertiary/aromatic N) is 1. The van der Waals surface area contributed by atoms with Gasteiger partial charge in [0.2, 0.25) is 0 Å². The van der Waals surface area contributed by atoms with Crippen LogP contribution in [0, 0.1) is 11.5 Å². The maximum Gasteiger partial charge on any atom is 0.256 e. The first-order valence-electron chi connectivity index (χ1n) is 3.85. The molecule has 0 saturated heterocycles. The van der Waals surface area contributed by atoms with Crippen LogP contribution >= 0.6 is 15.9 Å². The van der Waals surface area contributed by atoms with Crippen LogP contribution in [0.1, 0.15) is 5.56 Å². The number of nitriles is 1. The fourth-order valence-corrected chi connectivity index (χ4v) is 1.30. The molecule has 0 heterocycles. The highest BCUT2D eigenvalue weighted by molar-refractivity contribution is 9.10. The molecule has 0 aromatic heterocycles. The molecule has 1 N–H and O–H groups in total. The van der Waals surface area contributed by atoms with Crippen molar-refractivity contribution in [1.82, 2.24) is 5.32 Å². The van der Waals surface area contributed by atoms with Crippen molar-refractivity contribution in [2.24, 2.45) is 0 Å². The maximum absolute atomic E-state index is 10.9. The summed E-state index contributed by atoms with van der Waals surface area (Å²) in [4.78, 5) is 10.9. The number of benzene rings is 1. The fraction of sp³-hybridized carbons (Fsp3) is 0. The Morgan fingerprint density at radius 2 is 2.36 bits per heavy atom. The monoisotopic (exact) mass is 250 g/mol. The second-order valence-corrected chi connectivity index (χ2v) is 3.41.